The number of benzene rings is 1. The molecule has 19 heavy (non-hydrogen) atoms. The molecule has 0 heterocycles. The van der Waals surface area contributed by atoms with Gasteiger partial charge in [-0.15, -0.1) is 11.8 Å². The largest absolute Gasteiger partial charge is 0.465 e. The summed E-state index contributed by atoms with van der Waals surface area (Å²) in [5.41, 5.74) is 4.76. The van der Waals surface area contributed by atoms with Crippen LogP contribution in [-0.2, 0) is 15.7 Å². The van der Waals surface area contributed by atoms with Crippen LogP contribution in [0.5, 0.6) is 0 Å². The van der Waals surface area contributed by atoms with Crippen LogP contribution in [0.15, 0.2) is 23.1 Å². The van der Waals surface area contributed by atoms with Gasteiger partial charge in [-0.2, -0.15) is 13.2 Å². The van der Waals surface area contributed by atoms with E-state index in [9.17, 15) is 18.0 Å². The Labute approximate surface area is 113 Å². The highest BCUT2D eigenvalue weighted by molar-refractivity contribution is 8.00. The maximum atomic E-state index is 12.5. The van der Waals surface area contributed by atoms with Gasteiger partial charge in [-0.25, -0.2) is 0 Å². The Hall–Kier alpha value is -1.37. The van der Waals surface area contributed by atoms with Gasteiger partial charge in [0.2, 0.25) is 0 Å². The van der Waals surface area contributed by atoms with Crippen molar-refractivity contribution in [2.75, 3.05) is 12.3 Å². The van der Waals surface area contributed by atoms with Gasteiger partial charge >= 0.3 is 12.1 Å². The number of thioether (sulfide) groups is 1. The zero-order valence-electron chi connectivity index (χ0n) is 10.5. The van der Waals surface area contributed by atoms with Crippen LogP contribution in [0.3, 0.4) is 0 Å². The zero-order chi connectivity index (χ0) is 14.6. The van der Waals surface area contributed by atoms with Crippen molar-refractivity contribution in [2.24, 2.45) is 0 Å². The summed E-state index contributed by atoms with van der Waals surface area (Å²) in [5.74, 6) is -0.424. The molecule has 0 aliphatic carbocycles. The van der Waals surface area contributed by atoms with Crippen molar-refractivity contribution in [3.63, 3.8) is 0 Å². The molecule has 3 nitrogen and oxygen atoms in total. The maximum Gasteiger partial charge on any atom is 0.416 e. The topological polar surface area (TPSA) is 52.3 Å². The van der Waals surface area contributed by atoms with Crippen LogP contribution < -0.4 is 5.73 Å². The van der Waals surface area contributed by atoms with E-state index in [2.05, 4.69) is 0 Å². The molecule has 1 rings (SSSR count). The van der Waals surface area contributed by atoms with E-state index in [1.54, 1.807) is 13.8 Å². The van der Waals surface area contributed by atoms with Crippen molar-refractivity contribution in [3.05, 3.63) is 23.8 Å². The van der Waals surface area contributed by atoms with Crippen LogP contribution in [0.25, 0.3) is 0 Å². The lowest BCUT2D eigenvalue weighted by atomic mass is 10.2. The van der Waals surface area contributed by atoms with Crippen LogP contribution in [0.2, 0.25) is 0 Å². The molecule has 1 unspecified atom stereocenters. The van der Waals surface area contributed by atoms with Crippen LogP contribution in [0.4, 0.5) is 18.9 Å². The van der Waals surface area contributed by atoms with E-state index in [1.165, 1.54) is 6.07 Å². The van der Waals surface area contributed by atoms with E-state index in [1.807, 2.05) is 0 Å². The van der Waals surface area contributed by atoms with Gasteiger partial charge in [0.05, 0.1) is 12.2 Å². The average Bonchev–Trinajstić information content (AvgIpc) is 2.30. The molecule has 1 atom stereocenters. The van der Waals surface area contributed by atoms with Crippen molar-refractivity contribution < 1.29 is 22.7 Å². The van der Waals surface area contributed by atoms with Gasteiger partial charge in [0, 0.05) is 10.6 Å². The first-order valence-corrected chi connectivity index (χ1v) is 6.43. The number of anilines is 1. The highest BCUT2D eigenvalue weighted by Gasteiger charge is 2.31. The Bertz CT molecular complexity index is 463. The van der Waals surface area contributed by atoms with Gasteiger partial charge in [-0.1, -0.05) is 0 Å². The Morgan fingerprint density at radius 3 is 2.58 bits per heavy atom. The van der Waals surface area contributed by atoms with Crippen LogP contribution in [0.1, 0.15) is 19.4 Å². The molecular formula is C12H14F3NO2S. The molecule has 0 aromatic heterocycles. The second-order valence-corrected chi connectivity index (χ2v) is 5.15. The number of carbonyl (C=O) groups is 1. The lowest BCUT2D eigenvalue weighted by Gasteiger charge is -2.13. The highest BCUT2D eigenvalue weighted by atomic mass is 32.2. The standard InChI is InChI=1S/C12H14F3NO2S/c1-3-18-11(17)7(2)19-10-5-4-8(6-9(10)16)12(13,14)15/h4-7H,3,16H2,1-2H3. The molecule has 1 aromatic carbocycles. The summed E-state index contributed by atoms with van der Waals surface area (Å²) >= 11 is 1.07. The Morgan fingerprint density at radius 2 is 2.11 bits per heavy atom. The summed E-state index contributed by atoms with van der Waals surface area (Å²) < 4.78 is 42.2. The molecule has 2 N–H and O–H groups in total. The van der Waals surface area contributed by atoms with Crippen molar-refractivity contribution >= 4 is 23.4 Å². The number of alkyl halides is 3. The first-order chi connectivity index (χ1) is 8.75. The van der Waals surface area contributed by atoms with Crippen molar-refractivity contribution in [2.45, 2.75) is 30.2 Å². The first-order valence-electron chi connectivity index (χ1n) is 5.55. The molecule has 0 aliphatic heterocycles. The molecule has 1 aromatic rings. The summed E-state index contributed by atoms with van der Waals surface area (Å²) in [6, 6.07) is 3.06. The fourth-order valence-corrected chi connectivity index (χ4v) is 2.22. The van der Waals surface area contributed by atoms with Gasteiger partial charge in [-0.05, 0) is 32.0 Å². The predicted octanol–water partition coefficient (Wildman–Crippen LogP) is 3.33. The van der Waals surface area contributed by atoms with Crippen molar-refractivity contribution in [1.29, 1.82) is 0 Å². The summed E-state index contributed by atoms with van der Waals surface area (Å²) in [6.07, 6.45) is -4.43. The Balaban J connectivity index is 2.83. The molecule has 0 spiro atoms. The number of nitrogens with two attached hydrogens (primary N) is 1. The second-order valence-electron chi connectivity index (χ2n) is 3.76. The van der Waals surface area contributed by atoms with Crippen LogP contribution >= 0.6 is 11.8 Å². The third-order valence-electron chi connectivity index (χ3n) is 2.26. The number of hydrogen-bond acceptors (Lipinski definition) is 4. The summed E-state index contributed by atoms with van der Waals surface area (Å²) in [7, 11) is 0. The number of carbonyl (C=O) groups excluding carboxylic acids is 1. The first kappa shape index (κ1) is 15.7. The summed E-state index contributed by atoms with van der Waals surface area (Å²) in [4.78, 5) is 11.8. The Kier molecular flexibility index (Phi) is 5.11. The molecule has 0 radical (unpaired) electrons. The number of hydrogen-bond donors (Lipinski definition) is 1. The van der Waals surface area contributed by atoms with E-state index >= 15 is 0 Å². The number of esters is 1. The van der Waals surface area contributed by atoms with Crippen molar-refractivity contribution in [1.82, 2.24) is 0 Å². The molecule has 0 saturated carbocycles. The van der Waals surface area contributed by atoms with Gasteiger partial charge < -0.3 is 10.5 Å². The molecule has 106 valence electrons. The minimum atomic E-state index is -4.43. The van der Waals surface area contributed by atoms with E-state index in [4.69, 9.17) is 10.5 Å². The lowest BCUT2D eigenvalue weighted by Crippen LogP contribution is -2.17. The van der Waals surface area contributed by atoms with E-state index < -0.39 is 23.0 Å². The highest BCUT2D eigenvalue weighted by Crippen LogP contribution is 2.35. The van der Waals surface area contributed by atoms with Gasteiger partial charge in [-0.3, -0.25) is 4.79 Å². The molecule has 0 amide bonds. The number of nitrogen functional groups attached to an aromatic ring is 1. The third-order valence-corrected chi connectivity index (χ3v) is 3.43. The summed E-state index contributed by atoms with van der Waals surface area (Å²) in [5, 5.41) is -0.529. The Morgan fingerprint density at radius 1 is 1.47 bits per heavy atom. The maximum absolute atomic E-state index is 12.5. The molecule has 0 aliphatic rings. The minimum Gasteiger partial charge on any atom is -0.465 e. The lowest BCUT2D eigenvalue weighted by molar-refractivity contribution is -0.142. The summed E-state index contributed by atoms with van der Waals surface area (Å²) in [6.45, 7) is 3.55. The number of ether oxygens (including phenoxy) is 1. The predicted molar refractivity (Wildman–Crippen MR) is 67.8 cm³/mol. The monoisotopic (exact) mass is 293 g/mol. The minimum absolute atomic E-state index is 0.00373. The van der Waals surface area contributed by atoms with Gasteiger partial charge in [0.1, 0.15) is 5.25 Å². The smallest absolute Gasteiger partial charge is 0.416 e. The molecular weight excluding hydrogens is 279 g/mol. The second kappa shape index (κ2) is 6.18. The molecule has 0 fully saturated rings. The number of rotatable bonds is 4. The SMILES string of the molecule is CCOC(=O)C(C)Sc1ccc(C(F)(F)F)cc1N. The van der Waals surface area contributed by atoms with Crippen molar-refractivity contribution in [3.8, 4) is 0 Å². The van der Waals surface area contributed by atoms with E-state index in [0.29, 0.717) is 4.90 Å². The fraction of sp³-hybridized carbons (Fsp3) is 0.417. The number of halogens is 3. The average molecular weight is 293 g/mol. The van der Waals surface area contributed by atoms with E-state index in [0.717, 1.165) is 23.9 Å². The van der Waals surface area contributed by atoms with Gasteiger partial charge in [0.15, 0.2) is 0 Å². The fourth-order valence-electron chi connectivity index (χ4n) is 1.33. The van der Waals surface area contributed by atoms with Gasteiger partial charge in [0.25, 0.3) is 0 Å². The van der Waals surface area contributed by atoms with Crippen LogP contribution in [-0.4, -0.2) is 17.8 Å². The van der Waals surface area contributed by atoms with Crippen LogP contribution in [0, 0.1) is 0 Å². The molecule has 7 heteroatoms. The third kappa shape index (κ3) is 4.34. The zero-order valence-corrected chi connectivity index (χ0v) is 11.3. The normalized spacial score (nSPS) is 13.1. The molecule has 0 bridgehead atoms. The van der Waals surface area contributed by atoms with E-state index in [-0.39, 0.29) is 12.3 Å². The quantitative estimate of drug-likeness (QED) is 0.525. The molecule has 0 saturated heterocycles.